The van der Waals surface area contributed by atoms with Crippen molar-refractivity contribution in [3.05, 3.63) is 114 Å². The Morgan fingerprint density at radius 1 is 0.625 bits per heavy atom. The van der Waals surface area contributed by atoms with Crippen molar-refractivity contribution in [2.24, 2.45) is 0 Å². The molecule has 0 saturated heterocycles. The largest absolute Gasteiger partial charge is 2.00 e. The molecule has 0 aliphatic carbocycles. The van der Waals surface area contributed by atoms with Gasteiger partial charge in [0.05, 0.1) is 0 Å². The summed E-state index contributed by atoms with van der Waals surface area (Å²) in [7, 11) is 0. The van der Waals surface area contributed by atoms with E-state index in [-0.39, 0.29) is 31.9 Å². The van der Waals surface area contributed by atoms with Crippen LogP contribution in [0, 0.1) is 26.0 Å². The molecule has 0 bridgehead atoms. The minimum Gasteiger partial charge on any atom is -0.276 e. The average Bonchev–Trinajstić information content (AvgIpc) is 3.46. The summed E-state index contributed by atoms with van der Waals surface area (Å²) in [5.74, 6) is 1.61. The minimum atomic E-state index is -0.0236. The van der Waals surface area contributed by atoms with Crippen molar-refractivity contribution in [3.8, 4) is 11.4 Å². The van der Waals surface area contributed by atoms with Gasteiger partial charge in [-0.05, 0) is 59.3 Å². The van der Waals surface area contributed by atoms with Crippen molar-refractivity contribution in [2.45, 2.75) is 66.2 Å². The molecule has 5 aromatic rings. The van der Waals surface area contributed by atoms with E-state index in [2.05, 4.69) is 103 Å². The Kier molecular flexibility index (Phi) is 8.28. The van der Waals surface area contributed by atoms with Gasteiger partial charge in [0.15, 0.2) is 11.6 Å². The summed E-state index contributed by atoms with van der Waals surface area (Å²) in [6, 6.07) is 33.6. The van der Waals surface area contributed by atoms with Crippen LogP contribution in [0.5, 0.6) is 0 Å². The van der Waals surface area contributed by atoms with Crippen LogP contribution in [-0.4, -0.2) is 19.6 Å². The molecule has 6 heteroatoms. The Morgan fingerprint density at radius 2 is 1.05 bits per heavy atom. The van der Waals surface area contributed by atoms with E-state index in [0.29, 0.717) is 0 Å². The molecule has 3 aromatic carbocycles. The molecule has 2 heterocycles. The molecule has 0 aliphatic rings. The molecule has 40 heavy (non-hydrogen) atoms. The number of para-hydroxylation sites is 2. The van der Waals surface area contributed by atoms with Crippen LogP contribution in [-0.2, 0) is 31.9 Å². The van der Waals surface area contributed by atoms with E-state index in [1.807, 2.05) is 57.9 Å². The molecule has 5 nitrogen and oxygen atoms in total. The van der Waals surface area contributed by atoms with Crippen LogP contribution in [0.25, 0.3) is 11.4 Å². The summed E-state index contributed by atoms with van der Waals surface area (Å²) < 4.78 is 3.88. The second kappa shape index (κ2) is 11.2. The van der Waals surface area contributed by atoms with E-state index >= 15 is 0 Å². The number of hydrogen-bond acceptors (Lipinski definition) is 3. The molecule has 0 aliphatic heterocycles. The van der Waals surface area contributed by atoms with Gasteiger partial charge in [-0.1, -0.05) is 47.6 Å². The fraction of sp³-hybridized carbons (Fsp3) is 0.294. The van der Waals surface area contributed by atoms with Gasteiger partial charge in [0, 0.05) is 29.2 Å². The Morgan fingerprint density at radius 3 is 1.40 bits per heavy atom. The Hall–Kier alpha value is -3.43. The molecular weight excluding hydrogens is 673 g/mol. The molecule has 0 unspecified atom stereocenters. The zero-order valence-electron chi connectivity index (χ0n) is 24.6. The van der Waals surface area contributed by atoms with Crippen LogP contribution >= 0.6 is 0 Å². The van der Waals surface area contributed by atoms with E-state index in [1.54, 1.807) is 0 Å². The second-order valence-electron chi connectivity index (χ2n) is 12.2. The van der Waals surface area contributed by atoms with Crippen LogP contribution in [0.4, 0.5) is 17.3 Å². The van der Waals surface area contributed by atoms with Gasteiger partial charge in [0.2, 0.25) is 0 Å². The molecule has 208 valence electrons. The first-order chi connectivity index (χ1) is 18.4. The smallest absolute Gasteiger partial charge is 0.276 e. The first kappa shape index (κ1) is 29.5. The predicted octanol–water partition coefficient (Wildman–Crippen LogP) is 8.34. The molecular formula is C34H37N5Pt. The van der Waals surface area contributed by atoms with Gasteiger partial charge in [0.25, 0.3) is 0 Å². The van der Waals surface area contributed by atoms with Gasteiger partial charge in [-0.2, -0.15) is 58.7 Å². The van der Waals surface area contributed by atoms with Gasteiger partial charge < -0.3 is 0 Å². The number of nitrogens with zero attached hydrogens (tertiary/aromatic N) is 5. The first-order valence-corrected chi connectivity index (χ1v) is 13.5. The van der Waals surface area contributed by atoms with Crippen LogP contribution in [0.1, 0.15) is 64.1 Å². The predicted molar refractivity (Wildman–Crippen MR) is 160 cm³/mol. The Balaban J connectivity index is 0.00000370. The molecule has 2 aromatic heterocycles. The van der Waals surface area contributed by atoms with Gasteiger partial charge in [-0.3, -0.25) is 14.3 Å². The van der Waals surface area contributed by atoms with Crippen LogP contribution in [0.3, 0.4) is 0 Å². The molecule has 0 saturated carbocycles. The van der Waals surface area contributed by atoms with Gasteiger partial charge in [-0.15, -0.1) is 12.1 Å². The summed E-state index contributed by atoms with van der Waals surface area (Å²) in [4.78, 5) is 2.17. The second-order valence-corrected chi connectivity index (χ2v) is 12.2. The third-order valence-corrected chi connectivity index (χ3v) is 6.96. The molecule has 0 N–H and O–H groups in total. The number of hydrogen-bond donors (Lipinski definition) is 0. The Bertz CT molecular complexity index is 1470. The van der Waals surface area contributed by atoms with E-state index in [1.165, 1.54) is 11.1 Å². The topological polar surface area (TPSA) is 38.9 Å². The molecule has 0 atom stereocenters. The fourth-order valence-electron chi connectivity index (χ4n) is 4.64. The van der Waals surface area contributed by atoms with Crippen LogP contribution < -0.4 is 4.90 Å². The van der Waals surface area contributed by atoms with Gasteiger partial charge in [0.1, 0.15) is 0 Å². The van der Waals surface area contributed by atoms with Crippen molar-refractivity contribution < 1.29 is 21.1 Å². The zero-order chi connectivity index (χ0) is 27.9. The van der Waals surface area contributed by atoms with Crippen molar-refractivity contribution >= 4 is 17.3 Å². The van der Waals surface area contributed by atoms with Crippen LogP contribution in [0.15, 0.2) is 78.9 Å². The zero-order valence-corrected chi connectivity index (χ0v) is 26.8. The normalized spacial score (nSPS) is 11.8. The summed E-state index contributed by atoms with van der Waals surface area (Å²) in [6.07, 6.45) is 0. The first-order valence-electron chi connectivity index (χ1n) is 13.5. The molecule has 0 fully saturated rings. The summed E-state index contributed by atoms with van der Waals surface area (Å²) in [5, 5.41) is 10.2. The van der Waals surface area contributed by atoms with Crippen molar-refractivity contribution in [1.82, 2.24) is 19.6 Å². The van der Waals surface area contributed by atoms with Crippen molar-refractivity contribution in [2.75, 3.05) is 4.90 Å². The van der Waals surface area contributed by atoms with E-state index < -0.39 is 0 Å². The number of benzene rings is 3. The molecule has 0 spiro atoms. The van der Waals surface area contributed by atoms with Crippen molar-refractivity contribution in [1.29, 1.82) is 0 Å². The summed E-state index contributed by atoms with van der Waals surface area (Å²) >= 11 is 0. The molecule has 5 rings (SSSR count). The summed E-state index contributed by atoms with van der Waals surface area (Å²) in [6.45, 7) is 17.7. The quantitative estimate of drug-likeness (QED) is 0.172. The summed E-state index contributed by atoms with van der Waals surface area (Å²) in [5.41, 5.74) is 7.39. The van der Waals surface area contributed by atoms with E-state index in [9.17, 15) is 0 Å². The fourth-order valence-corrected chi connectivity index (χ4v) is 4.64. The Labute approximate surface area is 253 Å². The number of rotatable bonds is 5. The maximum atomic E-state index is 5.08. The molecule has 0 amide bonds. The maximum absolute atomic E-state index is 5.08. The average molecular weight is 711 g/mol. The third kappa shape index (κ3) is 6.00. The monoisotopic (exact) mass is 710 g/mol. The van der Waals surface area contributed by atoms with Crippen molar-refractivity contribution in [3.63, 3.8) is 0 Å². The van der Waals surface area contributed by atoms with Gasteiger partial charge in [-0.25, -0.2) is 0 Å². The SMILES string of the molecule is Cc1cc(N(c2cc(C(C)(C)C)cc(C(C)(C)C)c2)c2cc(C)n(-c3[c-]cccc3)n2)nn1-c1[c-]cccc1.[Pt+2]. The number of aryl methyl sites for hydroxylation is 2. The standard InChI is InChI=1S/C34H37N5.Pt/c1-24-19-31(35-38(24)28-15-11-9-12-16-28)37(32-20-25(2)39(36-32)29-17-13-10-14-18-29)30-22-26(33(3,4)5)21-27(23-30)34(6,7)8;/h9-15,17,19-23H,1-8H3;/q-2;+2. The van der Waals surface area contributed by atoms with Gasteiger partial charge >= 0.3 is 21.1 Å². The third-order valence-electron chi connectivity index (χ3n) is 6.96. The van der Waals surface area contributed by atoms with E-state index in [4.69, 9.17) is 10.2 Å². The number of anilines is 3. The van der Waals surface area contributed by atoms with Crippen LogP contribution in [0.2, 0.25) is 0 Å². The maximum Gasteiger partial charge on any atom is 2.00 e. The molecule has 0 radical (unpaired) electrons. The number of aromatic nitrogens is 4. The van der Waals surface area contributed by atoms with E-state index in [0.717, 1.165) is 40.1 Å². The minimum absolute atomic E-state index is 0.